The third-order valence-electron chi connectivity index (χ3n) is 14.6. The van der Waals surface area contributed by atoms with E-state index < -0.39 is 204 Å². The van der Waals surface area contributed by atoms with Crippen molar-refractivity contribution in [3.05, 3.63) is 68.2 Å². The first-order valence-electron chi connectivity index (χ1n) is 34.8. The monoisotopic (exact) mass is 1680 g/mol. The van der Waals surface area contributed by atoms with E-state index in [0.29, 0.717) is 9.80 Å². The summed E-state index contributed by atoms with van der Waals surface area (Å²) in [7, 11) is -8.87. The summed E-state index contributed by atoms with van der Waals surface area (Å²) in [5.74, 6) is -3.40. The molecule has 3 saturated heterocycles. The van der Waals surface area contributed by atoms with Crippen LogP contribution in [0.4, 0.5) is 54.6 Å². The lowest BCUT2D eigenvalue weighted by atomic mass is 10.0. The molecule has 0 aliphatic carbocycles. The minimum atomic E-state index is -4.47. The molecule has 3 aliphatic rings. The van der Waals surface area contributed by atoms with Gasteiger partial charge in [-0.25, -0.2) is 70.8 Å². The number of nitrogens with zero attached hydrogens (tertiary/aromatic N) is 8. The number of anilines is 3. The van der Waals surface area contributed by atoms with E-state index in [1.165, 1.54) is 50.6 Å². The lowest BCUT2D eigenvalue weighted by molar-refractivity contribution is -0.150. The lowest BCUT2D eigenvalue weighted by Crippen LogP contribution is -2.45. The Morgan fingerprint density at radius 2 is 0.892 bits per heavy atom. The van der Waals surface area contributed by atoms with Crippen molar-refractivity contribution < 1.29 is 122 Å². The summed E-state index contributed by atoms with van der Waals surface area (Å²) in [5.41, 5.74) is -0.948. The Bertz CT molecular complexity index is 3940. The number of nitrogen functional groups attached to an aromatic ring is 1. The average molecular weight is 1680 g/mol. The molecular formula is C66H104F3N11O26P2S3. The van der Waals surface area contributed by atoms with E-state index in [4.69, 9.17) is 57.2 Å². The lowest BCUT2D eigenvalue weighted by Gasteiger charge is -2.28. The number of esters is 2. The summed E-state index contributed by atoms with van der Waals surface area (Å²) < 4.78 is 130. The van der Waals surface area contributed by atoms with Gasteiger partial charge < -0.3 is 58.7 Å². The maximum Gasteiger partial charge on any atom is 0.510 e. The Balaban J connectivity index is 0.000000356. The highest BCUT2D eigenvalue weighted by atomic mass is 32.2. The normalized spacial score (nSPS) is 23.6. The van der Waals surface area contributed by atoms with Crippen LogP contribution in [-0.4, -0.2) is 206 Å². The number of hydrogen-bond donors (Lipinski definition) is 6. The van der Waals surface area contributed by atoms with Crippen LogP contribution in [-0.2, 0) is 70.2 Å². The average Bonchev–Trinajstić information content (AvgIpc) is 1.77. The molecule has 0 radical (unpaired) electrons. The predicted octanol–water partition coefficient (Wildman–Crippen LogP) is 9.78. The minimum absolute atomic E-state index is 0.0474. The number of carbonyl (C=O) groups is 7. The molecule has 45 heteroatoms. The second-order valence-electron chi connectivity index (χ2n) is 30.1. The fourth-order valence-corrected chi connectivity index (χ4v) is 16.7. The van der Waals surface area contributed by atoms with Gasteiger partial charge in [0.1, 0.15) is 74.9 Å². The number of amides is 4. The van der Waals surface area contributed by atoms with Gasteiger partial charge in [0, 0.05) is 40.9 Å². The molecule has 6 heterocycles. The summed E-state index contributed by atoms with van der Waals surface area (Å²) in [6.45, 7) is 32.9. The van der Waals surface area contributed by atoms with Crippen LogP contribution in [0.2, 0.25) is 0 Å². The molecule has 111 heavy (non-hydrogen) atoms. The van der Waals surface area contributed by atoms with Gasteiger partial charge in [-0.2, -0.15) is 24.8 Å². The van der Waals surface area contributed by atoms with Crippen molar-refractivity contribution in [1.29, 1.82) is 0 Å². The third-order valence-corrected chi connectivity index (χ3v) is 22.3. The molecular weight excluding hydrogens is 1580 g/mol. The maximum atomic E-state index is 15.4. The molecule has 3 aliphatic heterocycles. The number of imide groups is 2. The number of thioether (sulfide) groups is 3. The van der Waals surface area contributed by atoms with Crippen LogP contribution in [0.25, 0.3) is 0 Å². The van der Waals surface area contributed by atoms with Crippen molar-refractivity contribution in [1.82, 2.24) is 38.8 Å². The van der Waals surface area contributed by atoms with E-state index in [1.807, 2.05) is 0 Å². The van der Waals surface area contributed by atoms with Crippen LogP contribution in [0.5, 0.6) is 0 Å². The van der Waals surface area contributed by atoms with Gasteiger partial charge in [0.25, 0.3) is 0 Å². The number of aliphatic hydroxyl groups is 2. The van der Waals surface area contributed by atoms with Crippen molar-refractivity contribution in [2.75, 3.05) is 42.1 Å². The SMILES string of the molecule is CC(C)OC(=O)OCOP(=O)(N[C@@H](C)C(=O)OC(C)C)OC[C@H]1S[C@@H](n2ccc(N)nc2=O)[C@@H](F)[C@@H]1O.CC(C)OC(=O)[C@H](C)NP(=O)(O)OC[C@H]1S[C@@H](n2ccc(N(C(=O)OC(C)(C)C)C(=O)OC(C)(C)C)nc2=O)[C@@H](F)[C@@H]1C.C[C@H]1[C@H](F)[C@H](n2ccc(N(C(=O)OC(C)(C)C)C(=O)OC(C)(C)C)nc2=O)S[C@@H]1CO. The number of aromatic nitrogens is 6. The summed E-state index contributed by atoms with van der Waals surface area (Å²) >= 11 is 2.96. The van der Waals surface area contributed by atoms with Crippen LogP contribution in [0.15, 0.2) is 51.2 Å². The van der Waals surface area contributed by atoms with E-state index in [2.05, 4.69) is 25.1 Å². The fourth-order valence-electron chi connectivity index (χ4n) is 9.53. The number of ether oxygens (including phenoxy) is 8. The van der Waals surface area contributed by atoms with Gasteiger partial charge in [-0.1, -0.05) is 13.8 Å². The molecule has 2 unspecified atom stereocenters. The van der Waals surface area contributed by atoms with E-state index in [9.17, 15) is 81.0 Å². The smallest absolute Gasteiger partial charge is 0.462 e. The van der Waals surface area contributed by atoms with Crippen LogP contribution >= 0.6 is 50.8 Å². The maximum absolute atomic E-state index is 15.4. The van der Waals surface area contributed by atoms with Crippen LogP contribution < -0.4 is 42.8 Å². The van der Waals surface area contributed by atoms with E-state index in [1.54, 1.807) is 138 Å². The molecule has 4 amide bonds. The standard InChI is InChI=1S/C26H42FN4O10PS.C20H32FN4O10PS.C20H30FN3O6S/c1-14(2)39-21(32)16(4)29-42(36,37)38-13-17-15(3)19(27)20(43-17)30-12-11-18(28-22(30)33)31(23(34)40-25(5,6)7)24(35)41-26(8,9)10;1-10(2)34-18(27)12(5)24-36(30,33-9-31-20(29)35-11(3)4)32-8-13-16(26)15(21)17(37-13)25-7-6-14(22)23-19(25)28;1-11-12(10-25)31-15(14(11)21)23-9-8-13(22-16(23)26)24(17(27)29-19(2,3)4)18(28)30-20(5,6)7/h11-12,14-17,19-20H,13H2,1-10H3,(H2,29,36,37);6-7,10-13,15-17,26H,8-9H2,1-5H3,(H,24,30)(H2,22,23,28);8-9,11-12,14-15,25H,10H2,1-7H3/t15-,16+,17-,19+,20-;12-,13+,15-,16+,17+,36?;11-,12-,14+,15-/m101/s1. The molecule has 628 valence electrons. The molecule has 0 bridgehead atoms. The van der Waals surface area contributed by atoms with Crippen molar-refractivity contribution in [3.63, 3.8) is 0 Å². The van der Waals surface area contributed by atoms with E-state index in [0.717, 1.165) is 49.0 Å². The highest BCUT2D eigenvalue weighted by Crippen LogP contribution is 2.51. The number of rotatable bonds is 24. The largest absolute Gasteiger partial charge is 0.510 e. The highest BCUT2D eigenvalue weighted by molar-refractivity contribution is 8.00. The van der Waals surface area contributed by atoms with Crippen molar-refractivity contribution in [2.24, 2.45) is 11.8 Å². The summed E-state index contributed by atoms with van der Waals surface area (Å²) in [5, 5.41) is 19.2. The first-order valence-corrected chi connectivity index (χ1v) is 40.7. The Morgan fingerprint density at radius 3 is 1.26 bits per heavy atom. The first-order chi connectivity index (χ1) is 50.9. The molecule has 3 aromatic heterocycles. The Kier molecular flexibility index (Phi) is 35.1. The molecule has 37 nitrogen and oxygen atoms in total. The zero-order chi connectivity index (χ0) is 84.7. The van der Waals surface area contributed by atoms with E-state index in [-0.39, 0.29) is 35.9 Å². The van der Waals surface area contributed by atoms with Crippen molar-refractivity contribution >= 4 is 111 Å². The molecule has 0 aromatic carbocycles. The number of aliphatic hydroxyl groups excluding tert-OH is 2. The third kappa shape index (κ3) is 30.1. The number of carbonyl (C=O) groups excluding carboxylic acids is 7. The number of alkyl halides is 3. The number of nitrogens with one attached hydrogen (secondary N) is 2. The number of nitrogens with two attached hydrogens (primary N) is 1. The second-order valence-corrected chi connectivity index (χ2v) is 37.5. The first kappa shape index (κ1) is 96.5. The van der Waals surface area contributed by atoms with Gasteiger partial charge >= 0.3 is 75.0 Å². The Hall–Kier alpha value is -6.89. The van der Waals surface area contributed by atoms with Gasteiger partial charge in [-0.15, -0.1) is 35.3 Å². The number of hydrogen-bond acceptors (Lipinski definition) is 32. The van der Waals surface area contributed by atoms with Gasteiger partial charge in [0.2, 0.25) is 6.79 Å². The summed E-state index contributed by atoms with van der Waals surface area (Å²) in [4.78, 5) is 147. The minimum Gasteiger partial charge on any atom is -0.462 e. The molecule has 7 N–H and O–H groups in total. The summed E-state index contributed by atoms with van der Waals surface area (Å²) in [6, 6.07) is 1.41. The second kappa shape index (κ2) is 40.4. The van der Waals surface area contributed by atoms with Crippen LogP contribution in [0, 0.1) is 11.8 Å². The zero-order valence-corrected chi connectivity index (χ0v) is 70.0. The van der Waals surface area contributed by atoms with Crippen LogP contribution in [0.3, 0.4) is 0 Å². The summed E-state index contributed by atoms with van der Waals surface area (Å²) in [6.07, 6.45) is -9.59. The predicted molar refractivity (Wildman–Crippen MR) is 403 cm³/mol. The molecule has 0 spiro atoms. The van der Waals surface area contributed by atoms with Crippen LogP contribution in [0.1, 0.15) is 168 Å². The highest BCUT2D eigenvalue weighted by Gasteiger charge is 2.49. The van der Waals surface area contributed by atoms with Crippen molar-refractivity contribution in [3.8, 4) is 0 Å². The Morgan fingerprint density at radius 1 is 0.541 bits per heavy atom. The van der Waals surface area contributed by atoms with Gasteiger partial charge in [0.15, 0.2) is 17.8 Å². The van der Waals surface area contributed by atoms with Gasteiger partial charge in [-0.3, -0.25) is 36.9 Å². The molecule has 16 atom stereocenters. The molecule has 0 saturated carbocycles. The quantitative estimate of drug-likeness (QED) is 0.0210. The zero-order valence-electron chi connectivity index (χ0n) is 65.7. The fraction of sp³-hybridized carbons (Fsp3) is 0.712. The molecule has 3 fully saturated rings. The topological polar surface area (TPSA) is 477 Å². The van der Waals surface area contributed by atoms with Gasteiger partial charge in [-0.05, 0) is 157 Å². The van der Waals surface area contributed by atoms with Gasteiger partial charge in [0.05, 0.1) is 43.4 Å². The number of halogens is 3. The molecule has 3 aromatic rings. The van der Waals surface area contributed by atoms with E-state index >= 15 is 4.39 Å². The molecule has 6 rings (SSSR count). The van der Waals surface area contributed by atoms with Crippen molar-refractivity contribution in [2.45, 2.75) is 262 Å². The Labute approximate surface area is 652 Å².